The van der Waals surface area contributed by atoms with E-state index in [-0.39, 0.29) is 0 Å². The van der Waals surface area contributed by atoms with E-state index < -0.39 is 0 Å². The molecule has 0 aliphatic rings. The van der Waals surface area contributed by atoms with Crippen molar-refractivity contribution in [1.82, 2.24) is 4.98 Å². The summed E-state index contributed by atoms with van der Waals surface area (Å²) in [6, 6.07) is 0.622. The predicted molar refractivity (Wildman–Crippen MR) is 161 cm³/mol. The lowest BCUT2D eigenvalue weighted by Gasteiger charge is -2.17. The number of nitrogens with zero attached hydrogens (tertiary/aromatic N) is 1. The molecule has 1 aromatic heterocycles. The van der Waals surface area contributed by atoms with Crippen LogP contribution < -0.4 is 4.57 Å². The van der Waals surface area contributed by atoms with Gasteiger partial charge in [0.2, 0.25) is 0 Å². The van der Waals surface area contributed by atoms with Crippen molar-refractivity contribution in [3.8, 4) is 0 Å². The summed E-state index contributed by atoms with van der Waals surface area (Å²) in [5, 5.41) is 0. The zero-order valence-electron chi connectivity index (χ0n) is 25.4. The third-order valence-electron chi connectivity index (χ3n) is 8.39. The van der Waals surface area contributed by atoms with Gasteiger partial charge in [-0.05, 0) is 32.6 Å². The maximum absolute atomic E-state index is 3.71. The van der Waals surface area contributed by atoms with Crippen molar-refractivity contribution in [2.75, 3.05) is 0 Å². The first-order valence-corrected chi connectivity index (χ1v) is 16.8. The van der Waals surface area contributed by atoms with Crippen LogP contribution in [0.25, 0.3) is 0 Å². The van der Waals surface area contributed by atoms with E-state index in [0.717, 1.165) is 0 Å². The molecule has 0 saturated carbocycles. The molecule has 2 nitrogen and oxygen atoms in total. The van der Waals surface area contributed by atoms with Crippen LogP contribution in [0.5, 0.6) is 0 Å². The molecule has 1 aromatic rings. The average Bonchev–Trinajstić information content (AvgIpc) is 3.38. The molecule has 0 fully saturated rings. The molecule has 0 bridgehead atoms. The summed E-state index contributed by atoms with van der Waals surface area (Å²) in [6.45, 7) is 9.38. The van der Waals surface area contributed by atoms with Gasteiger partial charge in [-0.1, -0.05) is 156 Å². The summed E-state index contributed by atoms with van der Waals surface area (Å²) >= 11 is 0. The topological polar surface area (TPSA) is 19.7 Å². The zero-order chi connectivity index (χ0) is 26.1. The highest BCUT2D eigenvalue weighted by atomic mass is 15.1. The first-order chi connectivity index (χ1) is 17.7. The van der Waals surface area contributed by atoms with Gasteiger partial charge in [-0.2, -0.15) is 0 Å². The Morgan fingerprint density at radius 1 is 0.528 bits per heavy atom. The average molecular weight is 504 g/mol. The minimum Gasteiger partial charge on any atom is -0.247 e. The number of rotatable bonds is 27. The fraction of sp³-hybridized carbons (Fsp3) is 0.912. The first kappa shape index (κ1) is 33.2. The quantitative estimate of drug-likeness (QED) is 0.0909. The van der Waals surface area contributed by atoms with E-state index in [1.165, 1.54) is 166 Å². The Balaban J connectivity index is 2.47. The van der Waals surface area contributed by atoms with Gasteiger partial charge in [0.15, 0.2) is 0 Å². The van der Waals surface area contributed by atoms with Crippen LogP contribution in [0.15, 0.2) is 12.4 Å². The highest BCUT2D eigenvalue weighted by molar-refractivity contribution is 4.90. The SMILES string of the molecule is CCCCCCCCCCCCC(CCCCCCCCC)c1[nH]cc[n+]1C(C)CCCCCCC. The summed E-state index contributed by atoms with van der Waals surface area (Å²) in [7, 11) is 0. The molecule has 0 spiro atoms. The number of hydrogen-bond donors (Lipinski definition) is 1. The van der Waals surface area contributed by atoms with E-state index >= 15 is 0 Å². The molecule has 36 heavy (non-hydrogen) atoms. The normalized spacial score (nSPS) is 13.3. The van der Waals surface area contributed by atoms with E-state index in [0.29, 0.717) is 12.0 Å². The molecule has 2 heteroatoms. The van der Waals surface area contributed by atoms with Gasteiger partial charge in [0.1, 0.15) is 12.4 Å². The second kappa shape index (κ2) is 24.5. The highest BCUT2D eigenvalue weighted by Crippen LogP contribution is 2.27. The number of H-pyrrole nitrogens is 1. The molecule has 2 unspecified atom stereocenters. The Bertz CT molecular complexity index is 563. The molecule has 0 radical (unpaired) electrons. The number of aromatic amines is 1. The fourth-order valence-corrected chi connectivity index (χ4v) is 5.90. The Kier molecular flexibility index (Phi) is 22.7. The van der Waals surface area contributed by atoms with Gasteiger partial charge >= 0.3 is 0 Å². The van der Waals surface area contributed by atoms with Crippen LogP contribution >= 0.6 is 0 Å². The number of imidazole rings is 1. The monoisotopic (exact) mass is 504 g/mol. The molecule has 1 heterocycles. The second-order valence-corrected chi connectivity index (χ2v) is 11.9. The van der Waals surface area contributed by atoms with E-state index in [9.17, 15) is 0 Å². The number of hydrogen-bond acceptors (Lipinski definition) is 0. The third-order valence-corrected chi connectivity index (χ3v) is 8.39. The third kappa shape index (κ3) is 16.9. The molecule has 0 amide bonds. The van der Waals surface area contributed by atoms with Crippen molar-refractivity contribution < 1.29 is 4.57 Å². The van der Waals surface area contributed by atoms with Gasteiger partial charge in [0.25, 0.3) is 5.82 Å². The summed E-state index contributed by atoms with van der Waals surface area (Å²) < 4.78 is 2.61. The molecule has 0 saturated heterocycles. The highest BCUT2D eigenvalue weighted by Gasteiger charge is 2.25. The molecule has 2 atom stereocenters. The van der Waals surface area contributed by atoms with Crippen molar-refractivity contribution >= 4 is 0 Å². The maximum Gasteiger partial charge on any atom is 0.257 e. The van der Waals surface area contributed by atoms with Crippen LogP contribution in [0.3, 0.4) is 0 Å². The van der Waals surface area contributed by atoms with Crippen LogP contribution in [0.2, 0.25) is 0 Å². The Morgan fingerprint density at radius 3 is 1.31 bits per heavy atom. The number of nitrogens with one attached hydrogen (secondary N) is 1. The van der Waals surface area contributed by atoms with Gasteiger partial charge in [-0.15, -0.1) is 0 Å². The van der Waals surface area contributed by atoms with Crippen LogP contribution in [0, 0.1) is 0 Å². The molecule has 1 rings (SSSR count). The van der Waals surface area contributed by atoms with Crippen molar-refractivity contribution in [1.29, 1.82) is 0 Å². The Hall–Kier alpha value is -0.790. The molecule has 0 aromatic carbocycles. The molecule has 0 aliphatic heterocycles. The standard InChI is InChI=1S/C34H66N2/c1-5-8-11-14-16-17-18-20-23-26-29-33(28-25-22-19-15-12-9-6-2)34-35-30-31-36(34)32(4)27-24-21-13-10-7-3/h30-33H,5-29H2,1-4H3/p+1. The summed E-state index contributed by atoms with van der Waals surface area (Å²) in [5.74, 6) is 2.24. The van der Waals surface area contributed by atoms with Gasteiger partial charge < -0.3 is 0 Å². The number of unbranched alkanes of at least 4 members (excludes halogenated alkanes) is 19. The summed E-state index contributed by atoms with van der Waals surface area (Å²) in [6.07, 6.45) is 39.8. The van der Waals surface area contributed by atoms with Crippen molar-refractivity contribution in [3.05, 3.63) is 18.2 Å². The van der Waals surface area contributed by atoms with E-state index in [2.05, 4.69) is 49.6 Å². The molecule has 1 N–H and O–H groups in total. The lowest BCUT2D eigenvalue weighted by molar-refractivity contribution is -0.727. The van der Waals surface area contributed by atoms with Crippen molar-refractivity contribution in [2.24, 2.45) is 0 Å². The summed E-state index contributed by atoms with van der Waals surface area (Å²) in [4.78, 5) is 3.71. The van der Waals surface area contributed by atoms with E-state index in [1.54, 1.807) is 0 Å². The van der Waals surface area contributed by atoms with Crippen LogP contribution in [0.4, 0.5) is 0 Å². The lowest BCUT2D eigenvalue weighted by Crippen LogP contribution is -2.41. The van der Waals surface area contributed by atoms with Crippen molar-refractivity contribution in [2.45, 2.75) is 200 Å². The van der Waals surface area contributed by atoms with Gasteiger partial charge in [-0.3, -0.25) is 0 Å². The molecular formula is C34H67N2+. The van der Waals surface area contributed by atoms with Crippen LogP contribution in [-0.2, 0) is 0 Å². The molecular weight excluding hydrogens is 436 g/mol. The largest absolute Gasteiger partial charge is 0.257 e. The number of aromatic nitrogens is 2. The smallest absolute Gasteiger partial charge is 0.247 e. The van der Waals surface area contributed by atoms with Gasteiger partial charge in [0, 0.05) is 0 Å². The van der Waals surface area contributed by atoms with Gasteiger partial charge in [-0.25, -0.2) is 9.55 Å². The van der Waals surface area contributed by atoms with Crippen LogP contribution in [0.1, 0.15) is 206 Å². The van der Waals surface area contributed by atoms with Gasteiger partial charge in [0.05, 0.1) is 12.0 Å². The summed E-state index contributed by atoms with van der Waals surface area (Å²) in [5.41, 5.74) is 0. The van der Waals surface area contributed by atoms with E-state index in [1.807, 2.05) is 0 Å². The minimum absolute atomic E-state index is 0.622. The Labute approximate surface area is 227 Å². The Morgan fingerprint density at radius 2 is 0.889 bits per heavy atom. The minimum atomic E-state index is 0.622. The van der Waals surface area contributed by atoms with Crippen molar-refractivity contribution in [3.63, 3.8) is 0 Å². The van der Waals surface area contributed by atoms with Crippen LogP contribution in [-0.4, -0.2) is 4.98 Å². The molecule has 212 valence electrons. The maximum atomic E-state index is 3.71. The first-order valence-electron chi connectivity index (χ1n) is 16.8. The zero-order valence-corrected chi connectivity index (χ0v) is 25.4. The fourth-order valence-electron chi connectivity index (χ4n) is 5.90. The molecule has 0 aliphatic carbocycles. The second-order valence-electron chi connectivity index (χ2n) is 11.9. The van der Waals surface area contributed by atoms with E-state index in [4.69, 9.17) is 0 Å². The lowest BCUT2D eigenvalue weighted by atomic mass is 9.92. The predicted octanol–water partition coefficient (Wildman–Crippen LogP) is 11.8.